The van der Waals surface area contributed by atoms with Crippen molar-refractivity contribution in [2.24, 2.45) is 0 Å². The van der Waals surface area contributed by atoms with Gasteiger partial charge in [0.25, 0.3) is 0 Å². The molecule has 0 atom stereocenters. The summed E-state index contributed by atoms with van der Waals surface area (Å²) in [7, 11) is 5.52. The molecule has 3 N–H and O–H groups in total. The van der Waals surface area contributed by atoms with Crippen molar-refractivity contribution in [3.05, 3.63) is 12.7 Å². The van der Waals surface area contributed by atoms with E-state index in [0.29, 0.717) is 11.0 Å². The minimum atomic E-state index is -0.841. The summed E-state index contributed by atoms with van der Waals surface area (Å²) in [6, 6.07) is 0. The van der Waals surface area contributed by atoms with Gasteiger partial charge in [0.05, 0.1) is 27.7 Å². The molecule has 0 fully saturated rings. The molecule has 0 heterocycles. The summed E-state index contributed by atoms with van der Waals surface area (Å²) in [4.78, 5) is 19.8. The zero-order valence-corrected chi connectivity index (χ0v) is 10.1. The molecule has 0 spiro atoms. The Hall–Kier alpha value is -1.40. The van der Waals surface area contributed by atoms with Crippen molar-refractivity contribution in [1.29, 1.82) is 0 Å². The van der Waals surface area contributed by atoms with E-state index in [1.807, 2.05) is 21.1 Å². The summed E-state index contributed by atoms with van der Waals surface area (Å²) < 4.78 is 0.481. The molecule has 6 nitrogen and oxygen atoms in total. The van der Waals surface area contributed by atoms with E-state index in [4.69, 9.17) is 10.2 Å². The highest BCUT2D eigenvalue weighted by atomic mass is 16.4. The highest BCUT2D eigenvalue weighted by Gasteiger charge is 2.11. The molecule has 0 saturated heterocycles. The van der Waals surface area contributed by atoms with Crippen molar-refractivity contribution >= 4 is 11.9 Å². The topological polar surface area (TPSA) is 86.6 Å². The zero-order valence-electron chi connectivity index (χ0n) is 10.1. The van der Waals surface area contributed by atoms with Gasteiger partial charge in [-0.25, -0.2) is 4.79 Å². The van der Waals surface area contributed by atoms with Crippen molar-refractivity contribution in [3.8, 4) is 0 Å². The fourth-order valence-corrected chi connectivity index (χ4v) is 0.687. The predicted molar refractivity (Wildman–Crippen MR) is 61.2 cm³/mol. The van der Waals surface area contributed by atoms with Gasteiger partial charge < -0.3 is 20.0 Å². The number of hydrogen-bond donors (Lipinski definition) is 3. The highest BCUT2D eigenvalue weighted by molar-refractivity contribution is 5.69. The number of quaternary nitrogens is 1. The number of aliphatic carboxylic acids is 2. The predicted octanol–water partition coefficient (Wildman–Crippen LogP) is -0.376. The molecule has 0 amide bonds. The Morgan fingerprint density at radius 1 is 1.25 bits per heavy atom. The van der Waals surface area contributed by atoms with Gasteiger partial charge in [-0.1, -0.05) is 6.08 Å². The molecule has 16 heavy (non-hydrogen) atoms. The van der Waals surface area contributed by atoms with Gasteiger partial charge in [0, 0.05) is 6.54 Å². The van der Waals surface area contributed by atoms with Crippen LogP contribution in [0.1, 0.15) is 0 Å². The molecule has 0 unspecified atom stereocenters. The number of nitrogens with zero attached hydrogens (tertiary/aromatic N) is 1. The van der Waals surface area contributed by atoms with Crippen molar-refractivity contribution in [2.45, 2.75) is 0 Å². The summed E-state index contributed by atoms with van der Waals surface area (Å²) in [5.74, 6) is -1.59. The molecule has 0 saturated carbocycles. The maximum absolute atomic E-state index is 10.00. The molecule has 0 aliphatic rings. The van der Waals surface area contributed by atoms with Gasteiger partial charge in [-0.15, -0.1) is 6.58 Å². The third kappa shape index (κ3) is 22.9. The average Bonchev–Trinajstić information content (AvgIpc) is 2.00. The van der Waals surface area contributed by atoms with Crippen LogP contribution in [-0.4, -0.2) is 67.4 Å². The quantitative estimate of drug-likeness (QED) is 0.331. The summed E-state index contributed by atoms with van der Waals surface area (Å²) in [6.07, 6.45) is 1.61. The van der Waals surface area contributed by atoms with E-state index in [2.05, 4.69) is 11.9 Å². The van der Waals surface area contributed by atoms with Crippen molar-refractivity contribution in [3.63, 3.8) is 0 Å². The van der Waals surface area contributed by atoms with Crippen LogP contribution < -0.4 is 5.32 Å². The lowest BCUT2D eigenvalue weighted by atomic mass is 10.5. The first-order chi connectivity index (χ1) is 7.19. The van der Waals surface area contributed by atoms with Gasteiger partial charge in [-0.3, -0.25) is 4.79 Å². The van der Waals surface area contributed by atoms with Crippen LogP contribution in [0.4, 0.5) is 0 Å². The number of carboxylic acid groups (broad SMARTS) is 2. The Kier molecular flexibility index (Phi) is 9.43. The molecule has 0 aliphatic heterocycles. The van der Waals surface area contributed by atoms with E-state index in [9.17, 15) is 9.59 Å². The Morgan fingerprint density at radius 3 is 1.94 bits per heavy atom. The van der Waals surface area contributed by atoms with Crippen LogP contribution in [0, 0.1) is 0 Å². The van der Waals surface area contributed by atoms with Crippen LogP contribution in [0.25, 0.3) is 0 Å². The molecule has 0 bridgehead atoms. The standard InChI is InChI=1S/C5H11NO2.C5H9NO2/c1-6(2,3)4-5(7)8;1-2-3-6-4-5(7)8/h4H2,1-3H3;2,6H,1,3-4H2,(H,7,8)/p+1. The largest absolute Gasteiger partial charge is 0.480 e. The first-order valence-electron chi connectivity index (χ1n) is 4.74. The Morgan fingerprint density at radius 2 is 1.75 bits per heavy atom. The van der Waals surface area contributed by atoms with Crippen molar-refractivity contribution < 1.29 is 24.3 Å². The summed E-state index contributed by atoms with van der Waals surface area (Å²) in [5.41, 5.74) is 0. The lowest BCUT2D eigenvalue weighted by Crippen LogP contribution is -2.39. The summed E-state index contributed by atoms with van der Waals surface area (Å²) in [6.45, 7) is 4.14. The molecule has 0 aromatic carbocycles. The minimum absolute atomic E-state index is 0.00597. The second kappa shape index (κ2) is 8.87. The van der Waals surface area contributed by atoms with Gasteiger partial charge in [-0.05, 0) is 0 Å². The Balaban J connectivity index is 0. The maximum Gasteiger partial charge on any atom is 0.359 e. The molecule has 6 heteroatoms. The third-order valence-corrected chi connectivity index (χ3v) is 1.17. The first-order valence-corrected chi connectivity index (χ1v) is 4.74. The maximum atomic E-state index is 10.00. The van der Waals surface area contributed by atoms with Gasteiger partial charge in [0.1, 0.15) is 0 Å². The number of hydrogen-bond acceptors (Lipinski definition) is 3. The molecule has 94 valence electrons. The van der Waals surface area contributed by atoms with E-state index in [-0.39, 0.29) is 13.1 Å². The number of likely N-dealkylation sites (N-methyl/N-ethyl adjacent to an activating group) is 1. The molecule has 0 aromatic rings. The molecule has 0 aromatic heterocycles. The van der Waals surface area contributed by atoms with Gasteiger partial charge in [0.2, 0.25) is 0 Å². The molecular formula is C10H21N2O4+. The van der Waals surface area contributed by atoms with Crippen LogP contribution in [0.3, 0.4) is 0 Å². The Labute approximate surface area is 95.8 Å². The molecule has 0 radical (unpaired) electrons. The molecule has 0 rings (SSSR count). The van der Waals surface area contributed by atoms with Crippen LogP contribution in [0.5, 0.6) is 0 Å². The smallest absolute Gasteiger partial charge is 0.359 e. The van der Waals surface area contributed by atoms with E-state index < -0.39 is 11.9 Å². The van der Waals surface area contributed by atoms with Crippen LogP contribution in [-0.2, 0) is 9.59 Å². The van der Waals surface area contributed by atoms with E-state index in [1.165, 1.54) is 0 Å². The SMILES string of the molecule is C=CCNCC(=O)O.C[N+](C)(C)CC(=O)O. The van der Waals surface area contributed by atoms with E-state index >= 15 is 0 Å². The van der Waals surface area contributed by atoms with Gasteiger partial charge in [-0.2, -0.15) is 0 Å². The van der Waals surface area contributed by atoms with Crippen LogP contribution in [0.2, 0.25) is 0 Å². The molecular weight excluding hydrogens is 212 g/mol. The highest BCUT2D eigenvalue weighted by Crippen LogP contribution is 1.86. The normalized spacial score (nSPS) is 9.94. The zero-order chi connectivity index (χ0) is 13.2. The summed E-state index contributed by atoms with van der Waals surface area (Å²) in [5, 5.41) is 18.9. The third-order valence-electron chi connectivity index (χ3n) is 1.17. The lowest BCUT2D eigenvalue weighted by molar-refractivity contribution is -0.862. The number of carboxylic acids is 2. The monoisotopic (exact) mass is 233 g/mol. The van der Waals surface area contributed by atoms with Crippen LogP contribution >= 0.6 is 0 Å². The van der Waals surface area contributed by atoms with Crippen molar-refractivity contribution in [2.75, 3.05) is 40.8 Å². The first kappa shape index (κ1) is 17.0. The van der Waals surface area contributed by atoms with E-state index in [1.54, 1.807) is 6.08 Å². The Bertz CT molecular complexity index is 233. The van der Waals surface area contributed by atoms with Crippen LogP contribution in [0.15, 0.2) is 12.7 Å². The lowest BCUT2D eigenvalue weighted by Gasteiger charge is -2.20. The number of nitrogens with one attached hydrogen (secondary N) is 1. The number of rotatable bonds is 6. The number of carbonyl (C=O) groups is 2. The molecule has 0 aliphatic carbocycles. The van der Waals surface area contributed by atoms with E-state index in [0.717, 1.165) is 0 Å². The average molecular weight is 233 g/mol. The van der Waals surface area contributed by atoms with Gasteiger partial charge in [0.15, 0.2) is 6.54 Å². The minimum Gasteiger partial charge on any atom is -0.480 e. The second-order valence-corrected chi connectivity index (χ2v) is 4.16. The summed E-state index contributed by atoms with van der Waals surface area (Å²) >= 11 is 0. The van der Waals surface area contributed by atoms with Crippen molar-refractivity contribution in [1.82, 2.24) is 5.32 Å². The van der Waals surface area contributed by atoms with Gasteiger partial charge >= 0.3 is 11.9 Å². The fraction of sp³-hybridized carbons (Fsp3) is 0.600. The second-order valence-electron chi connectivity index (χ2n) is 4.16. The fourth-order valence-electron chi connectivity index (χ4n) is 0.687.